The number of benzene rings is 1. The van der Waals surface area contributed by atoms with Crippen LogP contribution in [0, 0.1) is 0 Å². The Kier molecular flexibility index (Phi) is 7.56. The van der Waals surface area contributed by atoms with Crippen molar-refractivity contribution in [1.82, 2.24) is 4.31 Å². The summed E-state index contributed by atoms with van der Waals surface area (Å²) in [6.45, 7) is 4.72. The maximum atomic E-state index is 12.6. The van der Waals surface area contributed by atoms with Gasteiger partial charge in [-0.3, -0.25) is 0 Å². The number of esters is 1. The van der Waals surface area contributed by atoms with Crippen molar-refractivity contribution in [3.63, 3.8) is 0 Å². The predicted molar refractivity (Wildman–Crippen MR) is 98.6 cm³/mol. The minimum atomic E-state index is -1.10. The molecule has 1 heterocycles. The fraction of sp³-hybridized carbons (Fsp3) is 0.421. The zero-order valence-electron chi connectivity index (χ0n) is 14.3. The van der Waals surface area contributed by atoms with Gasteiger partial charge in [-0.1, -0.05) is 61.9 Å². The van der Waals surface area contributed by atoms with Crippen LogP contribution in [-0.4, -0.2) is 39.8 Å². The second kappa shape index (κ2) is 9.67. The van der Waals surface area contributed by atoms with Gasteiger partial charge in [0.25, 0.3) is 0 Å². The quantitative estimate of drug-likeness (QED) is 0.535. The molecule has 1 aromatic carbocycles. The number of carbonyl (C=O) groups excluding carboxylic acids is 1. The fourth-order valence-corrected chi connectivity index (χ4v) is 4.01. The van der Waals surface area contributed by atoms with Crippen LogP contribution in [0.3, 0.4) is 0 Å². The van der Waals surface area contributed by atoms with Crippen molar-refractivity contribution < 1.29 is 14.1 Å². The third-order valence-corrected chi connectivity index (χ3v) is 5.37. The first-order chi connectivity index (χ1) is 11.7. The molecule has 0 saturated heterocycles. The highest BCUT2D eigenvalue weighted by Crippen LogP contribution is 2.26. The van der Waals surface area contributed by atoms with E-state index < -0.39 is 11.4 Å². The molecule has 5 heteroatoms. The molecule has 0 aliphatic carbocycles. The van der Waals surface area contributed by atoms with Crippen molar-refractivity contribution in [2.45, 2.75) is 32.7 Å². The summed E-state index contributed by atoms with van der Waals surface area (Å²) in [5.41, 5.74) is 1.63. The molecule has 1 aromatic rings. The SMILES string of the molecule is CCCC[S@+]([O-])N1CC=C(C(=O)OCC)[C@@H]1/C=C/c1ccccc1. The summed E-state index contributed by atoms with van der Waals surface area (Å²) >= 11 is -1.10. The predicted octanol–water partition coefficient (Wildman–Crippen LogP) is 3.34. The highest BCUT2D eigenvalue weighted by molar-refractivity contribution is 7.89. The minimum Gasteiger partial charge on any atom is -0.598 e. The van der Waals surface area contributed by atoms with E-state index in [1.165, 1.54) is 0 Å². The molecule has 0 radical (unpaired) electrons. The Morgan fingerprint density at radius 1 is 1.38 bits per heavy atom. The largest absolute Gasteiger partial charge is 0.598 e. The van der Waals surface area contributed by atoms with Gasteiger partial charge in [-0.2, -0.15) is 0 Å². The third kappa shape index (κ3) is 4.97. The van der Waals surface area contributed by atoms with Gasteiger partial charge in [-0.15, -0.1) is 4.31 Å². The minimum absolute atomic E-state index is 0.304. The van der Waals surface area contributed by atoms with Gasteiger partial charge in [0, 0.05) is 11.4 Å². The lowest BCUT2D eigenvalue weighted by Crippen LogP contribution is -2.39. The van der Waals surface area contributed by atoms with E-state index in [-0.39, 0.29) is 12.0 Å². The van der Waals surface area contributed by atoms with Crippen LogP contribution < -0.4 is 0 Å². The average Bonchev–Trinajstić information content (AvgIpc) is 3.03. The van der Waals surface area contributed by atoms with Gasteiger partial charge >= 0.3 is 5.97 Å². The summed E-state index contributed by atoms with van der Waals surface area (Å²) in [6.07, 6.45) is 7.65. The van der Waals surface area contributed by atoms with Crippen LogP contribution in [0.15, 0.2) is 48.1 Å². The van der Waals surface area contributed by atoms with Gasteiger partial charge in [-0.25, -0.2) is 4.79 Å². The molecule has 4 nitrogen and oxygen atoms in total. The van der Waals surface area contributed by atoms with Crippen molar-refractivity contribution in [1.29, 1.82) is 0 Å². The van der Waals surface area contributed by atoms with E-state index in [2.05, 4.69) is 6.92 Å². The molecular formula is C19H25NO3S. The first-order valence-electron chi connectivity index (χ1n) is 8.43. The molecule has 0 N–H and O–H groups in total. The van der Waals surface area contributed by atoms with Crippen LogP contribution in [0.1, 0.15) is 32.3 Å². The van der Waals surface area contributed by atoms with Crippen molar-refractivity contribution in [2.24, 2.45) is 0 Å². The number of rotatable bonds is 8. The Labute approximate surface area is 147 Å². The lowest BCUT2D eigenvalue weighted by atomic mass is 10.1. The Balaban J connectivity index is 2.17. The van der Waals surface area contributed by atoms with E-state index in [9.17, 15) is 9.35 Å². The Morgan fingerprint density at radius 3 is 2.79 bits per heavy atom. The van der Waals surface area contributed by atoms with Gasteiger partial charge in [0.2, 0.25) is 0 Å². The van der Waals surface area contributed by atoms with Crippen molar-refractivity contribution in [3.8, 4) is 0 Å². The summed E-state index contributed by atoms with van der Waals surface area (Å²) in [4.78, 5) is 12.2. The fourth-order valence-electron chi connectivity index (χ4n) is 2.56. The molecular weight excluding hydrogens is 322 g/mol. The molecule has 1 aliphatic rings. The number of nitrogens with zero attached hydrogens (tertiary/aromatic N) is 1. The zero-order chi connectivity index (χ0) is 17.4. The number of ether oxygens (including phenoxy) is 1. The molecule has 0 saturated carbocycles. The van der Waals surface area contributed by atoms with Crippen LogP contribution in [0.4, 0.5) is 0 Å². The number of unbranched alkanes of at least 4 members (excludes halogenated alkanes) is 1. The van der Waals surface area contributed by atoms with Crippen LogP contribution in [-0.2, 0) is 20.9 Å². The molecule has 0 aromatic heterocycles. The van der Waals surface area contributed by atoms with Gasteiger partial charge in [0.05, 0.1) is 18.7 Å². The number of carbonyl (C=O) groups is 1. The van der Waals surface area contributed by atoms with E-state index in [0.717, 1.165) is 18.4 Å². The van der Waals surface area contributed by atoms with Crippen LogP contribution in [0.5, 0.6) is 0 Å². The van der Waals surface area contributed by atoms with Crippen molar-refractivity contribution >= 4 is 23.4 Å². The van der Waals surface area contributed by atoms with Crippen LogP contribution in [0.25, 0.3) is 6.08 Å². The Bertz CT molecular complexity index is 586. The van der Waals surface area contributed by atoms with E-state index in [4.69, 9.17) is 4.74 Å². The molecule has 0 amide bonds. The monoisotopic (exact) mass is 347 g/mol. The third-order valence-electron chi connectivity index (χ3n) is 3.84. The lowest BCUT2D eigenvalue weighted by Gasteiger charge is -2.25. The second-order valence-corrected chi connectivity index (χ2v) is 7.09. The summed E-state index contributed by atoms with van der Waals surface area (Å²) < 4.78 is 19.6. The normalized spacial score (nSPS) is 19.5. The summed E-state index contributed by atoms with van der Waals surface area (Å²) in [5.74, 6) is 0.297. The van der Waals surface area contributed by atoms with E-state index in [1.807, 2.05) is 52.9 Å². The summed E-state index contributed by atoms with van der Waals surface area (Å²) in [5, 5.41) is 0. The number of hydrogen-bond acceptors (Lipinski definition) is 4. The second-order valence-electron chi connectivity index (χ2n) is 5.57. The number of hydrogen-bond donors (Lipinski definition) is 0. The van der Waals surface area contributed by atoms with Crippen molar-refractivity contribution in [3.05, 3.63) is 53.6 Å². The maximum Gasteiger partial charge on any atom is 0.335 e. The molecule has 0 fully saturated rings. The Hall–Kier alpha value is -1.56. The standard InChI is InChI=1S/C19H25NO3S/c1-3-5-15-24(22)20-14-13-17(19(21)23-4-2)18(20)12-11-16-9-7-6-8-10-16/h6-13,18H,3-5,14-15H2,1-2H3/b12-11+/t18-,24-/m0/s1. The van der Waals surface area contributed by atoms with E-state index in [0.29, 0.717) is 24.5 Å². The topological polar surface area (TPSA) is 52.6 Å². The molecule has 24 heavy (non-hydrogen) atoms. The smallest absolute Gasteiger partial charge is 0.335 e. The first-order valence-corrected chi connectivity index (χ1v) is 9.70. The molecule has 1 aliphatic heterocycles. The highest BCUT2D eigenvalue weighted by Gasteiger charge is 2.37. The highest BCUT2D eigenvalue weighted by atomic mass is 32.2. The molecule has 2 rings (SSSR count). The first kappa shape index (κ1) is 18.8. The molecule has 0 spiro atoms. The molecule has 130 valence electrons. The summed E-state index contributed by atoms with van der Waals surface area (Å²) in [6, 6.07) is 9.58. The lowest BCUT2D eigenvalue weighted by molar-refractivity contribution is -0.138. The molecule has 0 bridgehead atoms. The van der Waals surface area contributed by atoms with Crippen LogP contribution >= 0.6 is 0 Å². The Morgan fingerprint density at radius 2 is 2.12 bits per heavy atom. The van der Waals surface area contributed by atoms with Gasteiger partial charge in [0.1, 0.15) is 11.8 Å². The average molecular weight is 347 g/mol. The maximum absolute atomic E-state index is 12.6. The summed E-state index contributed by atoms with van der Waals surface area (Å²) in [7, 11) is 0. The molecule has 2 atom stereocenters. The van der Waals surface area contributed by atoms with Crippen LogP contribution in [0.2, 0.25) is 0 Å². The van der Waals surface area contributed by atoms with Gasteiger partial charge < -0.3 is 9.29 Å². The van der Waals surface area contributed by atoms with Crippen molar-refractivity contribution in [2.75, 3.05) is 18.9 Å². The van der Waals surface area contributed by atoms with E-state index >= 15 is 0 Å². The van der Waals surface area contributed by atoms with Gasteiger partial charge in [0.15, 0.2) is 0 Å². The van der Waals surface area contributed by atoms with Gasteiger partial charge in [-0.05, 0) is 18.9 Å². The zero-order valence-corrected chi connectivity index (χ0v) is 15.1. The molecule has 0 unspecified atom stereocenters. The van der Waals surface area contributed by atoms with E-state index in [1.54, 1.807) is 6.92 Å².